The molecule has 0 unspecified atom stereocenters. The van der Waals surface area contributed by atoms with Crippen molar-refractivity contribution >= 4 is 16.7 Å². The second-order valence-corrected chi connectivity index (χ2v) is 5.12. The number of hydrogen-bond acceptors (Lipinski definition) is 2. The van der Waals surface area contributed by atoms with E-state index in [-0.39, 0.29) is 11.9 Å². The van der Waals surface area contributed by atoms with Crippen LogP contribution in [0, 0.1) is 5.92 Å². The third kappa shape index (κ3) is 1.10. The molecule has 0 heterocycles. The Labute approximate surface area is 106 Å². The molecule has 1 saturated carbocycles. The zero-order chi connectivity index (χ0) is 12.3. The molecule has 0 aromatic heterocycles. The molecule has 2 aromatic rings. The summed E-state index contributed by atoms with van der Waals surface area (Å²) in [6, 6.07) is 12.8. The van der Waals surface area contributed by atoms with E-state index in [2.05, 4.69) is 36.4 Å². The highest BCUT2D eigenvalue weighted by molar-refractivity contribution is 5.97. The highest BCUT2D eigenvalue weighted by Gasteiger charge is 2.61. The summed E-state index contributed by atoms with van der Waals surface area (Å²) in [5.74, 6) is 0.764. The van der Waals surface area contributed by atoms with Gasteiger partial charge in [-0.1, -0.05) is 36.4 Å². The molecule has 0 spiro atoms. The van der Waals surface area contributed by atoms with E-state index >= 15 is 0 Å². The van der Waals surface area contributed by atoms with Crippen LogP contribution >= 0.6 is 0 Å². The van der Waals surface area contributed by atoms with E-state index in [0.29, 0.717) is 18.4 Å². The maximum absolute atomic E-state index is 11.9. The zero-order valence-electron chi connectivity index (χ0n) is 10.2. The van der Waals surface area contributed by atoms with Crippen LogP contribution in [0.4, 0.5) is 0 Å². The summed E-state index contributed by atoms with van der Waals surface area (Å²) in [5, 5.41) is 2.66. The molecule has 0 N–H and O–H groups in total. The van der Waals surface area contributed by atoms with Gasteiger partial charge in [-0.05, 0) is 28.8 Å². The van der Waals surface area contributed by atoms with Crippen LogP contribution < -0.4 is 0 Å². The number of hydrogen-bond donors (Lipinski definition) is 0. The van der Waals surface area contributed by atoms with Gasteiger partial charge < -0.3 is 4.74 Å². The van der Waals surface area contributed by atoms with Crippen molar-refractivity contribution in [1.29, 1.82) is 0 Å². The maximum atomic E-state index is 11.9. The first-order valence-corrected chi connectivity index (χ1v) is 6.51. The van der Waals surface area contributed by atoms with Crippen LogP contribution in [0.5, 0.6) is 0 Å². The van der Waals surface area contributed by atoms with Gasteiger partial charge in [-0.3, -0.25) is 4.79 Å². The van der Waals surface area contributed by atoms with Gasteiger partial charge in [-0.2, -0.15) is 0 Å². The lowest BCUT2D eigenvalue weighted by Gasteiger charge is -2.08. The smallest absolute Gasteiger partial charge is 0.310 e. The third-order valence-corrected chi connectivity index (χ3v) is 4.27. The Morgan fingerprint density at radius 1 is 1.11 bits per heavy atom. The van der Waals surface area contributed by atoms with Crippen molar-refractivity contribution in [1.82, 2.24) is 0 Å². The third-order valence-electron chi connectivity index (χ3n) is 4.27. The van der Waals surface area contributed by atoms with Gasteiger partial charge in [0.2, 0.25) is 0 Å². The van der Waals surface area contributed by atoms with E-state index in [1.54, 1.807) is 0 Å². The highest BCUT2D eigenvalue weighted by Crippen LogP contribution is 2.67. The Bertz CT molecular complexity index is 614. The molecular formula is C16H14O2. The van der Waals surface area contributed by atoms with Crippen LogP contribution in [0.2, 0.25) is 0 Å². The number of rotatable bonds is 2. The summed E-state index contributed by atoms with van der Waals surface area (Å²) in [4.78, 5) is 11.9. The molecule has 2 atom stereocenters. The lowest BCUT2D eigenvalue weighted by Crippen LogP contribution is -2.09. The van der Waals surface area contributed by atoms with Gasteiger partial charge >= 0.3 is 5.97 Å². The van der Waals surface area contributed by atoms with Crippen LogP contribution in [0.15, 0.2) is 36.4 Å². The first-order chi connectivity index (χ1) is 8.83. The molecule has 0 bridgehead atoms. The van der Waals surface area contributed by atoms with Crippen molar-refractivity contribution in [3.8, 4) is 0 Å². The monoisotopic (exact) mass is 238 g/mol. The highest BCUT2D eigenvalue weighted by atomic mass is 16.5. The Balaban J connectivity index is 1.82. The number of carbonyl (C=O) groups excluding carboxylic acids is 1. The number of fused-ring (bicyclic) bond motifs is 3. The molecule has 0 radical (unpaired) electrons. The normalized spacial score (nSPS) is 27.1. The Morgan fingerprint density at radius 3 is 2.28 bits per heavy atom. The average Bonchev–Trinajstić information content (AvgIpc) is 3.05. The van der Waals surface area contributed by atoms with E-state index < -0.39 is 0 Å². The Hall–Kier alpha value is -1.83. The summed E-state index contributed by atoms with van der Waals surface area (Å²) in [6.07, 6.45) is 0. The quantitative estimate of drug-likeness (QED) is 0.751. The molecule has 2 aliphatic rings. The second-order valence-electron chi connectivity index (χ2n) is 5.12. The molecule has 1 fully saturated rings. The molecule has 4 rings (SSSR count). The fourth-order valence-corrected chi connectivity index (χ4v) is 3.57. The topological polar surface area (TPSA) is 26.3 Å². The molecule has 0 amide bonds. The van der Waals surface area contributed by atoms with Gasteiger partial charge in [0, 0.05) is 11.8 Å². The SMILES string of the molecule is CCOC(=O)C1[C@@H]2c3cccc4cccc(c34)[C@@H]12. The summed E-state index contributed by atoms with van der Waals surface area (Å²) in [6.45, 7) is 2.34. The van der Waals surface area contributed by atoms with E-state index in [0.717, 1.165) is 0 Å². The number of carbonyl (C=O) groups is 1. The van der Waals surface area contributed by atoms with Gasteiger partial charge in [0.05, 0.1) is 12.5 Å². The molecule has 2 aromatic carbocycles. The summed E-state index contributed by atoms with van der Waals surface area (Å²) in [5.41, 5.74) is 2.68. The molecule has 2 nitrogen and oxygen atoms in total. The molecule has 2 aliphatic carbocycles. The van der Waals surface area contributed by atoms with Crippen molar-refractivity contribution in [3.63, 3.8) is 0 Å². The standard InChI is InChI=1S/C16H14O2/c1-2-18-16(17)15-13-10-7-3-5-9-6-4-8-11(12(9)10)14(13)15/h3-8,13-15H,2H2,1H3/t13-,14-/m1/s1. The fraction of sp³-hybridized carbons (Fsp3) is 0.312. The Kier molecular flexibility index (Phi) is 1.88. The first-order valence-electron chi connectivity index (χ1n) is 6.51. The predicted octanol–water partition coefficient (Wildman–Crippen LogP) is 3.21. The zero-order valence-corrected chi connectivity index (χ0v) is 10.2. The van der Waals surface area contributed by atoms with Gasteiger partial charge in [-0.15, -0.1) is 0 Å². The minimum absolute atomic E-state index is 0.0287. The minimum atomic E-state index is -0.0287. The van der Waals surface area contributed by atoms with Gasteiger partial charge in [-0.25, -0.2) is 0 Å². The summed E-state index contributed by atoms with van der Waals surface area (Å²) >= 11 is 0. The first kappa shape index (κ1) is 10.1. The van der Waals surface area contributed by atoms with Crippen LogP contribution in [0.1, 0.15) is 29.9 Å². The van der Waals surface area contributed by atoms with Crippen LogP contribution in [0.25, 0.3) is 10.8 Å². The second kappa shape index (κ2) is 3.35. The van der Waals surface area contributed by atoms with Crippen LogP contribution in [-0.4, -0.2) is 12.6 Å². The molecule has 2 heteroatoms. The predicted molar refractivity (Wildman–Crippen MR) is 69.6 cm³/mol. The number of esters is 1. The van der Waals surface area contributed by atoms with Gasteiger partial charge in [0.1, 0.15) is 0 Å². The van der Waals surface area contributed by atoms with Crippen LogP contribution in [-0.2, 0) is 9.53 Å². The minimum Gasteiger partial charge on any atom is -0.466 e. The van der Waals surface area contributed by atoms with E-state index in [4.69, 9.17) is 4.74 Å². The summed E-state index contributed by atoms with van der Waals surface area (Å²) < 4.78 is 5.17. The molecular weight excluding hydrogens is 224 g/mol. The number of ether oxygens (including phenoxy) is 1. The van der Waals surface area contributed by atoms with Gasteiger partial charge in [0.15, 0.2) is 0 Å². The van der Waals surface area contributed by atoms with Crippen molar-refractivity contribution < 1.29 is 9.53 Å². The fourth-order valence-electron chi connectivity index (χ4n) is 3.57. The molecule has 90 valence electrons. The van der Waals surface area contributed by atoms with Crippen molar-refractivity contribution in [2.24, 2.45) is 5.92 Å². The van der Waals surface area contributed by atoms with E-state index in [1.807, 2.05) is 6.92 Å². The largest absolute Gasteiger partial charge is 0.466 e. The van der Waals surface area contributed by atoms with Gasteiger partial charge in [0.25, 0.3) is 0 Å². The summed E-state index contributed by atoms with van der Waals surface area (Å²) in [7, 11) is 0. The average molecular weight is 238 g/mol. The van der Waals surface area contributed by atoms with Crippen molar-refractivity contribution in [2.75, 3.05) is 6.61 Å². The number of benzene rings is 2. The lowest BCUT2D eigenvalue weighted by molar-refractivity contribution is -0.144. The van der Waals surface area contributed by atoms with E-state index in [9.17, 15) is 4.79 Å². The van der Waals surface area contributed by atoms with Crippen molar-refractivity contribution in [2.45, 2.75) is 18.8 Å². The molecule has 0 aliphatic heterocycles. The molecule has 0 saturated heterocycles. The van der Waals surface area contributed by atoms with E-state index in [1.165, 1.54) is 21.9 Å². The Morgan fingerprint density at radius 2 is 1.72 bits per heavy atom. The maximum Gasteiger partial charge on any atom is 0.310 e. The lowest BCUT2D eigenvalue weighted by atomic mass is 9.98. The molecule has 18 heavy (non-hydrogen) atoms. The van der Waals surface area contributed by atoms with Crippen LogP contribution in [0.3, 0.4) is 0 Å². The van der Waals surface area contributed by atoms with Crippen molar-refractivity contribution in [3.05, 3.63) is 47.5 Å².